The molecule has 3 aromatic heterocycles. The summed E-state index contributed by atoms with van der Waals surface area (Å²) in [5.74, 6) is 0.991. The number of unbranched alkanes of at least 4 members (excludes halogenated alkanes) is 1. The maximum Gasteiger partial charge on any atom is 0.263 e. The summed E-state index contributed by atoms with van der Waals surface area (Å²) in [5, 5.41) is 14.2. The minimum absolute atomic E-state index is 0.0346. The van der Waals surface area contributed by atoms with Gasteiger partial charge < -0.3 is 5.11 Å². The molecule has 162 valence electrons. The predicted octanol–water partition coefficient (Wildman–Crippen LogP) is 6.36. The molecule has 0 amide bonds. The second-order valence-electron chi connectivity index (χ2n) is 8.04. The number of hydrogen-bond donors (Lipinski definition) is 1. The van der Waals surface area contributed by atoms with Crippen molar-refractivity contribution in [2.75, 3.05) is 0 Å². The van der Waals surface area contributed by atoms with Crippen molar-refractivity contribution >= 4 is 43.0 Å². The van der Waals surface area contributed by atoms with Crippen LogP contribution in [0.3, 0.4) is 0 Å². The fourth-order valence-corrected chi connectivity index (χ4v) is 5.87. The molecule has 0 aliphatic carbocycles. The normalized spacial score (nSPS) is 11.5. The number of rotatable bonds is 7. The van der Waals surface area contributed by atoms with Gasteiger partial charge in [0.2, 0.25) is 0 Å². The van der Waals surface area contributed by atoms with E-state index in [1.54, 1.807) is 11.3 Å². The summed E-state index contributed by atoms with van der Waals surface area (Å²) in [7, 11) is 0. The van der Waals surface area contributed by atoms with Crippen LogP contribution in [0.25, 0.3) is 20.3 Å². The first kappa shape index (κ1) is 20.9. The molecular formula is C26H24N2O2S2. The first-order chi connectivity index (χ1) is 15.6. The summed E-state index contributed by atoms with van der Waals surface area (Å²) >= 11 is 3.05. The van der Waals surface area contributed by atoms with Crippen molar-refractivity contribution in [3.8, 4) is 5.75 Å². The van der Waals surface area contributed by atoms with E-state index in [0.717, 1.165) is 51.2 Å². The van der Waals surface area contributed by atoms with Gasteiger partial charge in [0.25, 0.3) is 5.56 Å². The molecule has 0 unspecified atom stereocenters. The number of phenolic OH excluding ortho intramolecular Hbond substituents is 1. The summed E-state index contributed by atoms with van der Waals surface area (Å²) in [5.41, 5.74) is 2.14. The standard InChI is InChI=1S/C26H24N2O2S2/c1-2-3-8-18-13-20-23-25(32-24(20)21(29)14-18)27-22(15-17-9-5-4-6-10-17)28(26(23)30)16-19-11-7-12-31-19/h4-7,9-14,29H,2-3,8,15-16H2,1H3. The second kappa shape index (κ2) is 8.88. The van der Waals surface area contributed by atoms with Crippen molar-refractivity contribution < 1.29 is 5.11 Å². The van der Waals surface area contributed by atoms with Gasteiger partial charge in [-0.15, -0.1) is 22.7 Å². The van der Waals surface area contributed by atoms with Crippen molar-refractivity contribution in [3.63, 3.8) is 0 Å². The lowest BCUT2D eigenvalue weighted by molar-refractivity contribution is 0.481. The van der Waals surface area contributed by atoms with E-state index in [1.165, 1.54) is 11.3 Å². The Morgan fingerprint density at radius 1 is 1.06 bits per heavy atom. The van der Waals surface area contributed by atoms with Gasteiger partial charge in [0.1, 0.15) is 16.4 Å². The van der Waals surface area contributed by atoms with Crippen LogP contribution in [0.15, 0.2) is 64.8 Å². The van der Waals surface area contributed by atoms with E-state index in [4.69, 9.17) is 4.98 Å². The molecule has 0 bridgehead atoms. The van der Waals surface area contributed by atoms with Gasteiger partial charge >= 0.3 is 0 Å². The van der Waals surface area contributed by atoms with Gasteiger partial charge in [-0.3, -0.25) is 9.36 Å². The van der Waals surface area contributed by atoms with Crippen molar-refractivity contribution in [3.05, 3.63) is 92.2 Å². The monoisotopic (exact) mass is 460 g/mol. The van der Waals surface area contributed by atoms with Gasteiger partial charge in [0.15, 0.2) is 0 Å². The summed E-state index contributed by atoms with van der Waals surface area (Å²) in [6.45, 7) is 2.65. The Morgan fingerprint density at radius 3 is 2.66 bits per heavy atom. The van der Waals surface area contributed by atoms with Crippen LogP contribution in [0.5, 0.6) is 5.75 Å². The maximum absolute atomic E-state index is 13.8. The van der Waals surface area contributed by atoms with Crippen LogP contribution >= 0.6 is 22.7 Å². The molecule has 5 rings (SSSR count). The Morgan fingerprint density at radius 2 is 1.91 bits per heavy atom. The van der Waals surface area contributed by atoms with Crippen LogP contribution < -0.4 is 5.56 Å². The number of fused-ring (bicyclic) bond motifs is 3. The molecule has 0 aliphatic heterocycles. The van der Waals surface area contributed by atoms with E-state index >= 15 is 0 Å². The van der Waals surface area contributed by atoms with E-state index in [2.05, 4.69) is 25.1 Å². The number of aromatic nitrogens is 2. The summed E-state index contributed by atoms with van der Waals surface area (Å²) in [4.78, 5) is 20.6. The summed E-state index contributed by atoms with van der Waals surface area (Å²) < 4.78 is 2.55. The lowest BCUT2D eigenvalue weighted by Crippen LogP contribution is -2.25. The topological polar surface area (TPSA) is 55.1 Å². The van der Waals surface area contributed by atoms with Gasteiger partial charge in [-0.05, 0) is 47.5 Å². The van der Waals surface area contributed by atoms with Crippen molar-refractivity contribution in [1.82, 2.24) is 9.55 Å². The minimum Gasteiger partial charge on any atom is -0.506 e. The number of aromatic hydroxyl groups is 1. The van der Waals surface area contributed by atoms with E-state index in [9.17, 15) is 9.90 Å². The molecule has 6 heteroatoms. The highest BCUT2D eigenvalue weighted by Gasteiger charge is 2.19. The molecule has 2 aromatic carbocycles. The lowest BCUT2D eigenvalue weighted by Gasteiger charge is -2.12. The Labute approximate surface area is 194 Å². The van der Waals surface area contributed by atoms with Crippen molar-refractivity contribution in [2.45, 2.75) is 39.2 Å². The van der Waals surface area contributed by atoms with E-state index in [0.29, 0.717) is 23.2 Å². The number of phenols is 1. The Hall–Kier alpha value is -2.96. The molecule has 32 heavy (non-hydrogen) atoms. The quantitative estimate of drug-likeness (QED) is 0.307. The zero-order valence-corrected chi connectivity index (χ0v) is 19.5. The number of nitrogens with zero attached hydrogens (tertiary/aromatic N) is 2. The Bertz CT molecular complexity index is 1430. The third-order valence-electron chi connectivity index (χ3n) is 5.73. The van der Waals surface area contributed by atoms with Crippen LogP contribution in [0.4, 0.5) is 0 Å². The molecule has 0 saturated carbocycles. The molecular weight excluding hydrogens is 436 g/mol. The van der Waals surface area contributed by atoms with Crippen LogP contribution in [0.1, 0.15) is 41.6 Å². The minimum atomic E-state index is -0.0346. The first-order valence-corrected chi connectivity index (χ1v) is 12.6. The number of aryl methyl sites for hydroxylation is 1. The highest BCUT2D eigenvalue weighted by Crippen LogP contribution is 2.38. The summed E-state index contributed by atoms with van der Waals surface area (Å²) in [6.07, 6.45) is 3.61. The molecule has 0 atom stereocenters. The smallest absolute Gasteiger partial charge is 0.263 e. The third kappa shape index (κ3) is 3.96. The highest BCUT2D eigenvalue weighted by molar-refractivity contribution is 7.25. The van der Waals surface area contributed by atoms with E-state index < -0.39 is 0 Å². The van der Waals surface area contributed by atoms with Crippen molar-refractivity contribution in [2.24, 2.45) is 0 Å². The van der Waals surface area contributed by atoms with Crippen molar-refractivity contribution in [1.29, 1.82) is 0 Å². The number of hydrogen-bond acceptors (Lipinski definition) is 5. The SMILES string of the molecule is CCCCc1cc(O)c2sc3nc(Cc4ccccc4)n(Cc4cccs4)c(=O)c3c2c1. The average Bonchev–Trinajstić information content (AvgIpc) is 3.44. The zero-order chi connectivity index (χ0) is 22.1. The predicted molar refractivity (Wildman–Crippen MR) is 134 cm³/mol. The second-order valence-corrected chi connectivity index (χ2v) is 10.1. The summed E-state index contributed by atoms with van der Waals surface area (Å²) in [6, 6.07) is 18.1. The van der Waals surface area contributed by atoms with Gasteiger partial charge in [0.05, 0.1) is 16.6 Å². The van der Waals surface area contributed by atoms with Crippen LogP contribution in [-0.2, 0) is 19.4 Å². The lowest BCUT2D eigenvalue weighted by atomic mass is 10.0. The zero-order valence-electron chi connectivity index (χ0n) is 17.9. The number of thiophene rings is 2. The Kier molecular flexibility index (Phi) is 5.81. The average molecular weight is 461 g/mol. The molecule has 4 nitrogen and oxygen atoms in total. The number of benzene rings is 2. The highest BCUT2D eigenvalue weighted by atomic mass is 32.1. The van der Waals surface area contributed by atoms with Gasteiger partial charge in [0, 0.05) is 16.7 Å². The van der Waals surface area contributed by atoms with Crippen LogP contribution in [-0.4, -0.2) is 14.7 Å². The van der Waals surface area contributed by atoms with Crippen LogP contribution in [0, 0.1) is 0 Å². The van der Waals surface area contributed by atoms with Crippen LogP contribution in [0.2, 0.25) is 0 Å². The van der Waals surface area contributed by atoms with Gasteiger partial charge in [-0.25, -0.2) is 4.98 Å². The fraction of sp³-hybridized carbons (Fsp3) is 0.231. The molecule has 0 fully saturated rings. The molecule has 0 aliphatic rings. The molecule has 0 saturated heterocycles. The molecule has 0 spiro atoms. The maximum atomic E-state index is 13.8. The molecule has 3 heterocycles. The third-order valence-corrected chi connectivity index (χ3v) is 7.71. The van der Waals surface area contributed by atoms with E-state index in [1.807, 2.05) is 46.3 Å². The Balaban J connectivity index is 1.73. The fourth-order valence-electron chi connectivity index (χ4n) is 4.10. The van der Waals surface area contributed by atoms with Gasteiger partial charge in [-0.2, -0.15) is 0 Å². The molecule has 0 radical (unpaired) electrons. The molecule has 1 N–H and O–H groups in total. The van der Waals surface area contributed by atoms with E-state index in [-0.39, 0.29) is 11.3 Å². The largest absolute Gasteiger partial charge is 0.506 e. The molecule has 5 aromatic rings. The van der Waals surface area contributed by atoms with Gasteiger partial charge in [-0.1, -0.05) is 49.7 Å². The first-order valence-electron chi connectivity index (χ1n) is 10.9.